The SMILES string of the molecule is C=C1CC2C(C(C)(C)C)CCN2C1. The van der Waals surface area contributed by atoms with E-state index in [9.17, 15) is 0 Å². The van der Waals surface area contributed by atoms with E-state index < -0.39 is 0 Å². The molecule has 2 rings (SSSR count). The molecule has 0 bridgehead atoms. The molecule has 2 aliphatic rings. The highest BCUT2D eigenvalue weighted by atomic mass is 15.2. The molecule has 2 heterocycles. The predicted octanol–water partition coefficient (Wildman–Crippen LogP) is 2.68. The van der Waals surface area contributed by atoms with Gasteiger partial charge in [-0.05, 0) is 30.7 Å². The maximum atomic E-state index is 4.11. The van der Waals surface area contributed by atoms with Crippen LogP contribution < -0.4 is 0 Å². The van der Waals surface area contributed by atoms with Gasteiger partial charge in [0.15, 0.2) is 0 Å². The van der Waals surface area contributed by atoms with Gasteiger partial charge in [-0.3, -0.25) is 4.90 Å². The molecule has 0 N–H and O–H groups in total. The third-order valence-electron chi connectivity index (χ3n) is 3.70. The molecular weight excluding hydrogens is 158 g/mol. The van der Waals surface area contributed by atoms with Crippen molar-refractivity contribution in [2.45, 2.75) is 39.7 Å². The summed E-state index contributed by atoms with van der Waals surface area (Å²) in [4.78, 5) is 2.62. The molecule has 2 saturated heterocycles. The molecule has 1 heteroatoms. The van der Waals surface area contributed by atoms with Crippen LogP contribution in [0.4, 0.5) is 0 Å². The molecule has 0 spiro atoms. The lowest BCUT2D eigenvalue weighted by Gasteiger charge is -2.31. The Bertz CT molecular complexity index is 224. The molecule has 0 aromatic rings. The Balaban J connectivity index is 2.13. The minimum atomic E-state index is 0.476. The van der Waals surface area contributed by atoms with E-state index in [0.717, 1.165) is 18.5 Å². The van der Waals surface area contributed by atoms with Crippen LogP contribution in [0, 0.1) is 11.3 Å². The lowest BCUT2D eigenvalue weighted by molar-refractivity contribution is 0.182. The van der Waals surface area contributed by atoms with Crippen LogP contribution >= 0.6 is 0 Å². The van der Waals surface area contributed by atoms with Crippen molar-refractivity contribution in [2.24, 2.45) is 11.3 Å². The van der Waals surface area contributed by atoms with Crippen LogP contribution in [0.5, 0.6) is 0 Å². The fraction of sp³-hybridized carbons (Fsp3) is 0.833. The zero-order chi connectivity index (χ0) is 9.64. The normalized spacial score (nSPS) is 35.5. The van der Waals surface area contributed by atoms with Gasteiger partial charge < -0.3 is 0 Å². The molecule has 0 amide bonds. The van der Waals surface area contributed by atoms with Crippen molar-refractivity contribution in [1.82, 2.24) is 4.90 Å². The second-order valence-electron chi connectivity index (χ2n) is 5.75. The highest BCUT2D eigenvalue weighted by Crippen LogP contribution is 2.43. The Labute approximate surface area is 81.8 Å². The first-order valence-electron chi connectivity index (χ1n) is 5.39. The van der Waals surface area contributed by atoms with Gasteiger partial charge in [-0.1, -0.05) is 32.9 Å². The van der Waals surface area contributed by atoms with E-state index in [-0.39, 0.29) is 0 Å². The fourth-order valence-corrected chi connectivity index (χ4v) is 3.04. The number of nitrogens with zero attached hydrogens (tertiary/aromatic N) is 1. The Morgan fingerprint density at radius 2 is 2.08 bits per heavy atom. The molecule has 74 valence electrons. The summed E-state index contributed by atoms with van der Waals surface area (Å²) in [6.07, 6.45) is 2.64. The zero-order valence-corrected chi connectivity index (χ0v) is 9.14. The van der Waals surface area contributed by atoms with Gasteiger partial charge in [0, 0.05) is 12.6 Å². The van der Waals surface area contributed by atoms with E-state index in [1.807, 2.05) is 0 Å². The first-order chi connectivity index (χ1) is 5.98. The smallest absolute Gasteiger partial charge is 0.0193 e. The minimum Gasteiger partial charge on any atom is -0.296 e. The van der Waals surface area contributed by atoms with Gasteiger partial charge in [0.25, 0.3) is 0 Å². The lowest BCUT2D eigenvalue weighted by atomic mass is 9.75. The van der Waals surface area contributed by atoms with Crippen LogP contribution in [0.1, 0.15) is 33.6 Å². The summed E-state index contributed by atoms with van der Waals surface area (Å²) in [6.45, 7) is 13.7. The quantitative estimate of drug-likeness (QED) is 0.517. The molecule has 13 heavy (non-hydrogen) atoms. The number of fused-ring (bicyclic) bond motifs is 1. The topological polar surface area (TPSA) is 3.24 Å². The van der Waals surface area contributed by atoms with Gasteiger partial charge in [-0.25, -0.2) is 0 Å². The van der Waals surface area contributed by atoms with Crippen LogP contribution in [0.3, 0.4) is 0 Å². The van der Waals surface area contributed by atoms with Crippen molar-refractivity contribution >= 4 is 0 Å². The van der Waals surface area contributed by atoms with Crippen molar-refractivity contribution in [3.05, 3.63) is 12.2 Å². The van der Waals surface area contributed by atoms with Crippen LogP contribution in [-0.2, 0) is 0 Å². The van der Waals surface area contributed by atoms with Gasteiger partial charge in [-0.2, -0.15) is 0 Å². The third kappa shape index (κ3) is 1.54. The highest BCUT2D eigenvalue weighted by Gasteiger charge is 2.43. The Hall–Kier alpha value is -0.300. The van der Waals surface area contributed by atoms with Gasteiger partial charge in [0.05, 0.1) is 0 Å². The van der Waals surface area contributed by atoms with Crippen molar-refractivity contribution < 1.29 is 0 Å². The van der Waals surface area contributed by atoms with Crippen molar-refractivity contribution in [3.63, 3.8) is 0 Å². The van der Waals surface area contributed by atoms with Crippen molar-refractivity contribution in [3.8, 4) is 0 Å². The number of rotatable bonds is 0. The van der Waals surface area contributed by atoms with Crippen molar-refractivity contribution in [2.75, 3.05) is 13.1 Å². The van der Waals surface area contributed by atoms with Gasteiger partial charge in [0.2, 0.25) is 0 Å². The summed E-state index contributed by atoms with van der Waals surface area (Å²) in [5.41, 5.74) is 1.92. The Morgan fingerprint density at radius 3 is 2.69 bits per heavy atom. The molecule has 0 aromatic carbocycles. The summed E-state index contributed by atoms with van der Waals surface area (Å²) < 4.78 is 0. The first-order valence-corrected chi connectivity index (χ1v) is 5.39. The highest BCUT2D eigenvalue weighted by molar-refractivity contribution is 5.13. The summed E-state index contributed by atoms with van der Waals surface area (Å²) in [7, 11) is 0. The maximum absolute atomic E-state index is 4.11. The van der Waals surface area contributed by atoms with E-state index >= 15 is 0 Å². The molecule has 1 nitrogen and oxygen atoms in total. The first kappa shape index (κ1) is 9.26. The van der Waals surface area contributed by atoms with Crippen LogP contribution in [-0.4, -0.2) is 24.0 Å². The summed E-state index contributed by atoms with van der Waals surface area (Å²) in [6, 6.07) is 0.812. The van der Waals surface area contributed by atoms with Gasteiger partial charge in [0.1, 0.15) is 0 Å². The number of hydrogen-bond donors (Lipinski definition) is 0. The van der Waals surface area contributed by atoms with E-state index in [0.29, 0.717) is 5.41 Å². The molecular formula is C12H21N. The van der Waals surface area contributed by atoms with Gasteiger partial charge >= 0.3 is 0 Å². The summed E-state index contributed by atoms with van der Waals surface area (Å²) in [5.74, 6) is 0.881. The predicted molar refractivity (Wildman–Crippen MR) is 56.7 cm³/mol. The van der Waals surface area contributed by atoms with E-state index in [2.05, 4.69) is 32.3 Å². The van der Waals surface area contributed by atoms with Crippen molar-refractivity contribution in [1.29, 1.82) is 0 Å². The van der Waals surface area contributed by atoms with Gasteiger partial charge in [-0.15, -0.1) is 0 Å². The number of hydrogen-bond acceptors (Lipinski definition) is 1. The largest absolute Gasteiger partial charge is 0.296 e. The molecule has 0 radical (unpaired) electrons. The molecule has 2 atom stereocenters. The molecule has 0 aliphatic carbocycles. The maximum Gasteiger partial charge on any atom is 0.0193 e. The van der Waals surface area contributed by atoms with E-state index in [1.165, 1.54) is 25.0 Å². The monoisotopic (exact) mass is 179 g/mol. The molecule has 0 aromatic heterocycles. The second-order valence-corrected chi connectivity index (χ2v) is 5.75. The van der Waals surface area contributed by atoms with Crippen LogP contribution in [0.25, 0.3) is 0 Å². The summed E-state index contributed by atoms with van der Waals surface area (Å²) >= 11 is 0. The standard InChI is InChI=1S/C12H21N/c1-9-7-11-10(12(2,3)4)5-6-13(11)8-9/h10-11H,1,5-8H2,2-4H3. The van der Waals surface area contributed by atoms with E-state index in [1.54, 1.807) is 0 Å². The lowest BCUT2D eigenvalue weighted by Crippen LogP contribution is -2.32. The third-order valence-corrected chi connectivity index (χ3v) is 3.70. The van der Waals surface area contributed by atoms with Crippen LogP contribution in [0.2, 0.25) is 0 Å². The average molecular weight is 179 g/mol. The molecule has 0 saturated carbocycles. The second kappa shape index (κ2) is 2.84. The zero-order valence-electron chi connectivity index (χ0n) is 9.14. The molecule has 2 aliphatic heterocycles. The minimum absolute atomic E-state index is 0.476. The molecule has 2 unspecified atom stereocenters. The molecule has 2 fully saturated rings. The Morgan fingerprint density at radius 1 is 1.38 bits per heavy atom. The van der Waals surface area contributed by atoms with Crippen LogP contribution in [0.15, 0.2) is 12.2 Å². The summed E-state index contributed by atoms with van der Waals surface area (Å²) in [5, 5.41) is 0. The fourth-order valence-electron chi connectivity index (χ4n) is 3.04. The Kier molecular flexibility index (Phi) is 2.03. The van der Waals surface area contributed by atoms with E-state index in [4.69, 9.17) is 0 Å². The average Bonchev–Trinajstić information content (AvgIpc) is 2.41.